The van der Waals surface area contributed by atoms with Gasteiger partial charge in [-0.1, -0.05) is 15.9 Å². The third kappa shape index (κ3) is 3.68. The van der Waals surface area contributed by atoms with Crippen molar-refractivity contribution in [2.24, 2.45) is 5.73 Å². The first-order valence-corrected chi connectivity index (χ1v) is 8.91. The Hall–Kier alpha value is -2.35. The van der Waals surface area contributed by atoms with E-state index in [1.807, 2.05) is 31.2 Å². The van der Waals surface area contributed by atoms with Gasteiger partial charge in [0, 0.05) is 30.7 Å². The molecule has 0 atom stereocenters. The Morgan fingerprint density at radius 1 is 1.08 bits per heavy atom. The van der Waals surface area contributed by atoms with Crippen LogP contribution < -0.4 is 5.73 Å². The molecule has 1 saturated heterocycles. The fourth-order valence-electron chi connectivity index (χ4n) is 2.97. The number of hydrogen-bond acceptors (Lipinski definition) is 3. The number of carbonyl (C=O) groups excluding carboxylic acids is 2. The van der Waals surface area contributed by atoms with Crippen molar-refractivity contribution in [1.29, 1.82) is 0 Å². The monoisotopic (exact) mass is 405 g/mol. The molecule has 1 aliphatic rings. The summed E-state index contributed by atoms with van der Waals surface area (Å²) >= 11 is 3.41. The van der Waals surface area contributed by atoms with Gasteiger partial charge in [-0.25, -0.2) is 9.48 Å². The van der Waals surface area contributed by atoms with Crippen molar-refractivity contribution in [1.82, 2.24) is 19.6 Å². The summed E-state index contributed by atoms with van der Waals surface area (Å²) in [5, 5.41) is 4.37. The smallest absolute Gasteiger partial charge is 0.314 e. The lowest BCUT2D eigenvalue weighted by atomic mass is 10.2. The molecule has 0 unspecified atom stereocenters. The molecule has 25 heavy (non-hydrogen) atoms. The van der Waals surface area contributed by atoms with Crippen LogP contribution in [0.5, 0.6) is 0 Å². The largest absolute Gasteiger partial charge is 0.351 e. The fraction of sp³-hybridized carbons (Fsp3) is 0.353. The highest BCUT2D eigenvalue weighted by Gasteiger charge is 2.24. The molecule has 0 radical (unpaired) electrons. The third-order valence-electron chi connectivity index (χ3n) is 4.41. The van der Waals surface area contributed by atoms with Crippen molar-refractivity contribution in [2.75, 3.05) is 26.2 Å². The van der Waals surface area contributed by atoms with Gasteiger partial charge in [-0.3, -0.25) is 4.79 Å². The standard InChI is InChI=1S/C17H20BrN5O2/c1-12-15(11-20-23(12)14-5-3-13(18)4-6-14)16(24)21-7-2-8-22(10-9-21)17(19)25/h3-6,11H,2,7-10H2,1H3,(H2,19,25). The van der Waals surface area contributed by atoms with Crippen LogP contribution in [0.25, 0.3) is 5.69 Å². The van der Waals surface area contributed by atoms with E-state index >= 15 is 0 Å². The number of primary amides is 1. The predicted molar refractivity (Wildman–Crippen MR) is 97.7 cm³/mol. The van der Waals surface area contributed by atoms with E-state index in [4.69, 9.17) is 5.73 Å². The Morgan fingerprint density at radius 3 is 2.40 bits per heavy atom. The molecule has 2 aromatic rings. The average molecular weight is 406 g/mol. The van der Waals surface area contributed by atoms with Crippen LogP contribution in [0.2, 0.25) is 0 Å². The van der Waals surface area contributed by atoms with Crippen molar-refractivity contribution in [3.8, 4) is 5.69 Å². The summed E-state index contributed by atoms with van der Waals surface area (Å²) in [5.41, 5.74) is 7.61. The van der Waals surface area contributed by atoms with Gasteiger partial charge < -0.3 is 15.5 Å². The van der Waals surface area contributed by atoms with E-state index in [2.05, 4.69) is 21.0 Å². The Balaban J connectivity index is 1.79. The lowest BCUT2D eigenvalue weighted by molar-refractivity contribution is 0.0762. The van der Waals surface area contributed by atoms with Crippen molar-refractivity contribution < 1.29 is 9.59 Å². The maximum absolute atomic E-state index is 12.9. The molecule has 132 valence electrons. The van der Waals surface area contributed by atoms with Crippen LogP contribution in [0.15, 0.2) is 34.9 Å². The van der Waals surface area contributed by atoms with Crippen LogP contribution in [-0.2, 0) is 0 Å². The number of urea groups is 1. The zero-order chi connectivity index (χ0) is 18.0. The van der Waals surface area contributed by atoms with E-state index < -0.39 is 6.03 Å². The quantitative estimate of drug-likeness (QED) is 0.830. The Labute approximate surface area is 154 Å². The molecule has 0 bridgehead atoms. The lowest BCUT2D eigenvalue weighted by Gasteiger charge is -2.21. The topological polar surface area (TPSA) is 84.5 Å². The van der Waals surface area contributed by atoms with Crippen LogP contribution in [0, 0.1) is 6.92 Å². The first-order chi connectivity index (χ1) is 12.0. The number of nitrogens with two attached hydrogens (primary N) is 1. The minimum atomic E-state index is -0.437. The number of carbonyl (C=O) groups is 2. The molecule has 3 rings (SSSR count). The number of benzene rings is 1. The van der Waals surface area contributed by atoms with Crippen LogP contribution in [-0.4, -0.2) is 57.7 Å². The third-order valence-corrected chi connectivity index (χ3v) is 4.93. The molecule has 2 heterocycles. The summed E-state index contributed by atoms with van der Waals surface area (Å²) in [5.74, 6) is -0.0628. The molecule has 0 spiro atoms. The van der Waals surface area contributed by atoms with Crippen molar-refractivity contribution in [3.63, 3.8) is 0 Å². The number of halogens is 1. The SMILES string of the molecule is Cc1c(C(=O)N2CCCN(C(N)=O)CC2)cnn1-c1ccc(Br)cc1. The van der Waals surface area contributed by atoms with Gasteiger partial charge in [0.2, 0.25) is 0 Å². The van der Waals surface area contributed by atoms with Gasteiger partial charge in [-0.2, -0.15) is 5.10 Å². The van der Waals surface area contributed by atoms with Crippen LogP contribution in [0.4, 0.5) is 4.79 Å². The molecule has 0 saturated carbocycles. The fourth-order valence-corrected chi connectivity index (χ4v) is 3.24. The van der Waals surface area contributed by atoms with E-state index in [0.29, 0.717) is 38.2 Å². The van der Waals surface area contributed by atoms with Crippen LogP contribution in [0.1, 0.15) is 22.5 Å². The van der Waals surface area contributed by atoms with Gasteiger partial charge in [0.15, 0.2) is 0 Å². The van der Waals surface area contributed by atoms with Crippen LogP contribution in [0.3, 0.4) is 0 Å². The van der Waals surface area contributed by atoms with Gasteiger partial charge in [-0.05, 0) is 37.6 Å². The van der Waals surface area contributed by atoms with E-state index in [1.165, 1.54) is 0 Å². The summed E-state index contributed by atoms with van der Waals surface area (Å²) in [6, 6.07) is 7.31. The normalized spacial score (nSPS) is 15.1. The molecule has 7 nitrogen and oxygen atoms in total. The summed E-state index contributed by atoms with van der Waals surface area (Å²) in [6.45, 7) is 4.00. The molecule has 8 heteroatoms. The Kier molecular flexibility index (Phi) is 5.08. The van der Waals surface area contributed by atoms with Gasteiger partial charge in [-0.15, -0.1) is 0 Å². The minimum Gasteiger partial charge on any atom is -0.351 e. The second-order valence-corrected chi connectivity index (χ2v) is 6.92. The number of hydrogen-bond donors (Lipinski definition) is 1. The zero-order valence-corrected chi connectivity index (χ0v) is 15.6. The number of rotatable bonds is 2. The molecular formula is C17H20BrN5O2. The molecule has 1 aromatic heterocycles. The lowest BCUT2D eigenvalue weighted by Crippen LogP contribution is -2.39. The van der Waals surface area contributed by atoms with Gasteiger partial charge >= 0.3 is 6.03 Å². The number of amides is 3. The summed E-state index contributed by atoms with van der Waals surface area (Å²) in [6.07, 6.45) is 2.32. The van der Waals surface area contributed by atoms with Crippen molar-refractivity contribution >= 4 is 27.9 Å². The highest BCUT2D eigenvalue weighted by Crippen LogP contribution is 2.19. The van der Waals surface area contributed by atoms with E-state index in [-0.39, 0.29) is 5.91 Å². The second-order valence-electron chi connectivity index (χ2n) is 6.00. The highest BCUT2D eigenvalue weighted by atomic mass is 79.9. The van der Waals surface area contributed by atoms with Gasteiger partial charge in [0.1, 0.15) is 0 Å². The predicted octanol–water partition coefficient (Wildman–Crippen LogP) is 2.17. The maximum Gasteiger partial charge on any atom is 0.314 e. The minimum absolute atomic E-state index is 0.0628. The number of nitrogens with zero attached hydrogens (tertiary/aromatic N) is 4. The molecule has 2 N–H and O–H groups in total. The summed E-state index contributed by atoms with van der Waals surface area (Å²) in [7, 11) is 0. The van der Waals surface area contributed by atoms with E-state index in [0.717, 1.165) is 15.9 Å². The molecule has 1 aliphatic heterocycles. The Morgan fingerprint density at radius 2 is 1.72 bits per heavy atom. The van der Waals surface area contributed by atoms with Crippen molar-refractivity contribution in [2.45, 2.75) is 13.3 Å². The highest BCUT2D eigenvalue weighted by molar-refractivity contribution is 9.10. The summed E-state index contributed by atoms with van der Waals surface area (Å²) < 4.78 is 2.74. The molecule has 1 aromatic carbocycles. The van der Waals surface area contributed by atoms with Crippen LogP contribution >= 0.6 is 15.9 Å². The molecule has 1 fully saturated rings. The molecular weight excluding hydrogens is 386 g/mol. The Bertz CT molecular complexity index is 787. The molecule has 3 amide bonds. The average Bonchev–Trinajstić information content (AvgIpc) is 2.82. The second kappa shape index (κ2) is 7.26. The molecule has 0 aliphatic carbocycles. The first-order valence-electron chi connectivity index (χ1n) is 8.11. The van der Waals surface area contributed by atoms with Gasteiger partial charge in [0.25, 0.3) is 5.91 Å². The maximum atomic E-state index is 12.9. The summed E-state index contributed by atoms with van der Waals surface area (Å²) in [4.78, 5) is 27.5. The van der Waals surface area contributed by atoms with Crippen molar-refractivity contribution in [3.05, 3.63) is 46.2 Å². The van der Waals surface area contributed by atoms with E-state index in [1.54, 1.807) is 20.7 Å². The van der Waals surface area contributed by atoms with E-state index in [9.17, 15) is 9.59 Å². The zero-order valence-electron chi connectivity index (χ0n) is 14.0. The first kappa shape index (κ1) is 17.5. The van der Waals surface area contributed by atoms with Gasteiger partial charge in [0.05, 0.1) is 23.1 Å². The number of aromatic nitrogens is 2.